The van der Waals surface area contributed by atoms with Gasteiger partial charge in [0.05, 0.1) is 11.8 Å². The van der Waals surface area contributed by atoms with Crippen molar-refractivity contribution in [2.45, 2.75) is 52.0 Å². The molecule has 3 amide bonds. The maximum absolute atomic E-state index is 13.7. The van der Waals surface area contributed by atoms with Gasteiger partial charge in [0.15, 0.2) is 0 Å². The van der Waals surface area contributed by atoms with E-state index in [4.69, 9.17) is 0 Å². The third-order valence-corrected chi connectivity index (χ3v) is 6.96. The van der Waals surface area contributed by atoms with E-state index >= 15 is 0 Å². The van der Waals surface area contributed by atoms with Gasteiger partial charge in [0.1, 0.15) is 6.04 Å². The summed E-state index contributed by atoms with van der Waals surface area (Å²) in [6.07, 6.45) is 8.25. The predicted molar refractivity (Wildman–Crippen MR) is 115 cm³/mol. The number of amides is 3. The topological polar surface area (TPSA) is 57.7 Å². The van der Waals surface area contributed by atoms with Crippen LogP contribution in [0, 0.1) is 23.7 Å². The number of carbonyl (C=O) groups excluding carboxylic acids is 3. The van der Waals surface area contributed by atoms with Crippen molar-refractivity contribution in [1.29, 1.82) is 0 Å². The van der Waals surface area contributed by atoms with Crippen LogP contribution in [0.5, 0.6) is 0 Å². The summed E-state index contributed by atoms with van der Waals surface area (Å²) in [5.74, 6) is -0.648. The number of allylic oxidation sites excluding steroid dienone is 2. The van der Waals surface area contributed by atoms with Crippen LogP contribution >= 0.6 is 0 Å². The minimum absolute atomic E-state index is 0.0943. The quantitative estimate of drug-likeness (QED) is 0.489. The first kappa shape index (κ1) is 20.8. The normalized spacial score (nSPS) is 28.0. The molecule has 0 unspecified atom stereocenters. The Labute approximate surface area is 179 Å². The summed E-state index contributed by atoms with van der Waals surface area (Å²) in [5, 5.41) is 0. The number of hydrogen-bond donors (Lipinski definition) is 0. The molecule has 2 fully saturated rings. The molecule has 1 aliphatic heterocycles. The summed E-state index contributed by atoms with van der Waals surface area (Å²) in [4.78, 5) is 43.9. The fourth-order valence-corrected chi connectivity index (χ4v) is 5.61. The van der Waals surface area contributed by atoms with E-state index in [0.717, 1.165) is 31.2 Å². The number of rotatable bonds is 8. The SMILES string of the molecule is CCCN(CCC)C(=O)[C@@H](Cc1ccccc1)N1C(=O)[C@@H]2[C@H](C1=O)[C@H]1C=C[C@H]2CC1. The first-order chi connectivity index (χ1) is 14.6. The third-order valence-electron chi connectivity index (χ3n) is 6.96. The lowest BCUT2D eigenvalue weighted by Crippen LogP contribution is -2.53. The van der Waals surface area contributed by atoms with Crippen LogP contribution in [0.3, 0.4) is 0 Å². The van der Waals surface area contributed by atoms with E-state index in [1.807, 2.05) is 49.1 Å². The van der Waals surface area contributed by atoms with Crippen LogP contribution in [0.4, 0.5) is 0 Å². The lowest BCUT2D eigenvalue weighted by Gasteiger charge is -2.38. The maximum atomic E-state index is 13.7. The highest BCUT2D eigenvalue weighted by Crippen LogP contribution is 2.50. The zero-order chi connectivity index (χ0) is 21.3. The smallest absolute Gasteiger partial charge is 0.246 e. The molecule has 3 aliphatic carbocycles. The fourth-order valence-electron chi connectivity index (χ4n) is 5.61. The van der Waals surface area contributed by atoms with Crippen molar-refractivity contribution in [3.05, 3.63) is 48.0 Å². The molecule has 0 radical (unpaired) electrons. The van der Waals surface area contributed by atoms with Crippen molar-refractivity contribution in [2.24, 2.45) is 23.7 Å². The first-order valence-corrected chi connectivity index (χ1v) is 11.4. The van der Waals surface area contributed by atoms with E-state index < -0.39 is 6.04 Å². The Balaban J connectivity index is 1.67. The molecule has 1 saturated heterocycles. The highest BCUT2D eigenvalue weighted by molar-refractivity contribution is 6.09. The molecule has 30 heavy (non-hydrogen) atoms. The monoisotopic (exact) mass is 408 g/mol. The number of fused-ring (bicyclic) bond motifs is 1. The van der Waals surface area contributed by atoms with E-state index in [9.17, 15) is 14.4 Å². The van der Waals surface area contributed by atoms with Crippen molar-refractivity contribution in [3.8, 4) is 0 Å². The molecular formula is C25H32N2O3. The van der Waals surface area contributed by atoms with Gasteiger partial charge < -0.3 is 4.90 Å². The van der Waals surface area contributed by atoms with Crippen LogP contribution < -0.4 is 0 Å². The van der Waals surface area contributed by atoms with Crippen LogP contribution in [-0.4, -0.2) is 46.7 Å². The van der Waals surface area contributed by atoms with Crippen LogP contribution in [0.1, 0.15) is 45.1 Å². The van der Waals surface area contributed by atoms with E-state index in [1.54, 1.807) is 0 Å². The molecule has 5 heteroatoms. The Morgan fingerprint density at radius 3 is 1.97 bits per heavy atom. The molecule has 0 aromatic heterocycles. The molecule has 1 aromatic carbocycles. The highest BCUT2D eigenvalue weighted by Gasteiger charge is 2.58. The van der Waals surface area contributed by atoms with Gasteiger partial charge in [-0.3, -0.25) is 19.3 Å². The largest absolute Gasteiger partial charge is 0.341 e. The van der Waals surface area contributed by atoms with Gasteiger partial charge in [-0.05, 0) is 43.1 Å². The molecule has 5 atom stereocenters. The van der Waals surface area contributed by atoms with Crippen LogP contribution in [0.25, 0.3) is 0 Å². The number of imide groups is 1. The summed E-state index contributed by atoms with van der Waals surface area (Å²) in [6.45, 7) is 5.39. The Morgan fingerprint density at radius 2 is 1.50 bits per heavy atom. The average Bonchev–Trinajstić information content (AvgIpc) is 3.05. The molecule has 4 aliphatic rings. The average molecular weight is 409 g/mol. The molecule has 5 rings (SSSR count). The van der Waals surface area contributed by atoms with Gasteiger partial charge in [-0.2, -0.15) is 0 Å². The molecule has 5 nitrogen and oxygen atoms in total. The molecule has 1 heterocycles. The van der Waals surface area contributed by atoms with E-state index in [1.165, 1.54) is 4.90 Å². The lowest BCUT2D eigenvalue weighted by molar-refractivity contribution is -0.151. The summed E-state index contributed by atoms with van der Waals surface area (Å²) in [5.41, 5.74) is 0.973. The summed E-state index contributed by atoms with van der Waals surface area (Å²) >= 11 is 0. The summed E-state index contributed by atoms with van der Waals surface area (Å²) in [7, 11) is 0. The second-order valence-electron chi connectivity index (χ2n) is 8.92. The number of nitrogens with zero attached hydrogens (tertiary/aromatic N) is 2. The van der Waals surface area contributed by atoms with Gasteiger partial charge in [-0.1, -0.05) is 56.3 Å². The van der Waals surface area contributed by atoms with E-state index in [2.05, 4.69) is 12.2 Å². The Bertz CT molecular complexity index is 796. The number of likely N-dealkylation sites (tertiary alicyclic amines) is 1. The Hall–Kier alpha value is -2.43. The van der Waals surface area contributed by atoms with Gasteiger partial charge in [-0.25, -0.2) is 0 Å². The van der Waals surface area contributed by atoms with Gasteiger partial charge >= 0.3 is 0 Å². The summed E-state index contributed by atoms with van der Waals surface area (Å²) < 4.78 is 0. The Morgan fingerprint density at radius 1 is 0.967 bits per heavy atom. The fraction of sp³-hybridized carbons (Fsp3) is 0.560. The minimum Gasteiger partial charge on any atom is -0.341 e. The lowest BCUT2D eigenvalue weighted by atomic mass is 9.63. The second kappa shape index (κ2) is 8.75. The molecule has 0 spiro atoms. The van der Waals surface area contributed by atoms with Crippen molar-refractivity contribution >= 4 is 17.7 Å². The van der Waals surface area contributed by atoms with Gasteiger partial charge in [0.25, 0.3) is 0 Å². The van der Waals surface area contributed by atoms with Crippen molar-refractivity contribution < 1.29 is 14.4 Å². The molecule has 0 N–H and O–H groups in total. The third kappa shape index (κ3) is 3.59. The number of hydrogen-bond acceptors (Lipinski definition) is 3. The standard InChI is InChI=1S/C25H32N2O3/c1-3-14-26(15-4-2)23(28)20(16-17-8-6-5-7-9-17)27-24(29)21-18-10-11-19(13-12-18)22(21)25(27)30/h5-11,18-22H,3-4,12-16H2,1-2H3/t18-,19-,20+,21-,22+/m0/s1. The van der Waals surface area contributed by atoms with Crippen LogP contribution in [0.2, 0.25) is 0 Å². The van der Waals surface area contributed by atoms with Crippen molar-refractivity contribution in [3.63, 3.8) is 0 Å². The summed E-state index contributed by atoms with van der Waals surface area (Å²) in [6, 6.07) is 8.98. The van der Waals surface area contributed by atoms with Gasteiger partial charge in [-0.15, -0.1) is 0 Å². The molecule has 1 saturated carbocycles. The predicted octanol–water partition coefficient (Wildman–Crippen LogP) is 3.44. The van der Waals surface area contributed by atoms with E-state index in [0.29, 0.717) is 19.5 Å². The minimum atomic E-state index is -0.754. The zero-order valence-electron chi connectivity index (χ0n) is 18.0. The Kier molecular flexibility index (Phi) is 6.07. The number of benzene rings is 1. The van der Waals surface area contributed by atoms with Crippen molar-refractivity contribution in [1.82, 2.24) is 9.80 Å². The molecular weight excluding hydrogens is 376 g/mol. The highest BCUT2D eigenvalue weighted by atomic mass is 16.2. The van der Waals surface area contributed by atoms with Gasteiger partial charge in [0, 0.05) is 19.5 Å². The van der Waals surface area contributed by atoms with E-state index in [-0.39, 0.29) is 41.4 Å². The van der Waals surface area contributed by atoms with Crippen molar-refractivity contribution in [2.75, 3.05) is 13.1 Å². The maximum Gasteiger partial charge on any atom is 0.246 e. The zero-order valence-corrected chi connectivity index (χ0v) is 18.0. The first-order valence-electron chi connectivity index (χ1n) is 11.4. The number of carbonyl (C=O) groups is 3. The molecule has 2 bridgehead atoms. The van der Waals surface area contributed by atoms with Crippen LogP contribution in [0.15, 0.2) is 42.5 Å². The van der Waals surface area contributed by atoms with Crippen LogP contribution in [-0.2, 0) is 20.8 Å². The molecule has 160 valence electrons. The van der Waals surface area contributed by atoms with Gasteiger partial charge in [0.2, 0.25) is 17.7 Å². The second-order valence-corrected chi connectivity index (χ2v) is 8.92. The molecule has 1 aromatic rings.